The van der Waals surface area contributed by atoms with Gasteiger partial charge in [-0.2, -0.15) is 17.4 Å². The zero-order valence-electron chi connectivity index (χ0n) is 9.05. The van der Waals surface area contributed by atoms with Crippen LogP contribution in [0.15, 0.2) is 0 Å². The van der Waals surface area contributed by atoms with E-state index in [1.165, 1.54) is 4.31 Å². The quantitative estimate of drug-likeness (QED) is 0.655. The molecule has 1 fully saturated rings. The number of nitrogens with one attached hydrogen (secondary N) is 1. The van der Waals surface area contributed by atoms with Crippen molar-refractivity contribution < 1.29 is 23.1 Å². The largest absolute Gasteiger partial charge is 0.480 e. The molecule has 16 heavy (non-hydrogen) atoms. The van der Waals surface area contributed by atoms with Gasteiger partial charge in [0.1, 0.15) is 6.04 Å². The maximum Gasteiger partial charge on any atom is 0.321 e. The summed E-state index contributed by atoms with van der Waals surface area (Å²) in [5.74, 6) is -1.17. The standard InChI is InChI=1S/C8H16N2O5S/c1-2-7(8(11)12)9-16(13,14)10-3-5-15-6-4-10/h7,9H,2-6H2,1H3,(H,11,12). The highest BCUT2D eigenvalue weighted by Gasteiger charge is 2.28. The second-order valence-electron chi connectivity index (χ2n) is 3.43. The number of ether oxygens (including phenoxy) is 1. The van der Waals surface area contributed by atoms with Crippen molar-refractivity contribution >= 4 is 16.2 Å². The van der Waals surface area contributed by atoms with Gasteiger partial charge in [-0.15, -0.1) is 0 Å². The lowest BCUT2D eigenvalue weighted by molar-refractivity contribution is -0.139. The van der Waals surface area contributed by atoms with Crippen LogP contribution in [0.5, 0.6) is 0 Å². The van der Waals surface area contributed by atoms with Crippen LogP contribution in [-0.2, 0) is 19.7 Å². The van der Waals surface area contributed by atoms with E-state index < -0.39 is 22.2 Å². The van der Waals surface area contributed by atoms with Crippen molar-refractivity contribution in [3.05, 3.63) is 0 Å². The zero-order chi connectivity index (χ0) is 12.2. The van der Waals surface area contributed by atoms with Gasteiger partial charge < -0.3 is 9.84 Å². The van der Waals surface area contributed by atoms with Crippen LogP contribution in [0, 0.1) is 0 Å². The smallest absolute Gasteiger partial charge is 0.321 e. The van der Waals surface area contributed by atoms with Crippen LogP contribution in [0.2, 0.25) is 0 Å². The van der Waals surface area contributed by atoms with Crippen molar-refractivity contribution in [2.75, 3.05) is 26.3 Å². The highest BCUT2D eigenvalue weighted by Crippen LogP contribution is 2.05. The van der Waals surface area contributed by atoms with E-state index in [1.54, 1.807) is 6.92 Å². The van der Waals surface area contributed by atoms with Crippen LogP contribution in [0.3, 0.4) is 0 Å². The van der Waals surface area contributed by atoms with Gasteiger partial charge in [0.05, 0.1) is 13.2 Å². The average molecular weight is 252 g/mol. The first-order valence-electron chi connectivity index (χ1n) is 5.05. The Bertz CT molecular complexity index is 336. The third kappa shape index (κ3) is 3.41. The van der Waals surface area contributed by atoms with E-state index in [9.17, 15) is 13.2 Å². The summed E-state index contributed by atoms with van der Waals surface area (Å²) < 4.78 is 31.9. The summed E-state index contributed by atoms with van der Waals surface area (Å²) in [6.07, 6.45) is 0.207. The summed E-state index contributed by atoms with van der Waals surface area (Å²) in [5.41, 5.74) is 0. The lowest BCUT2D eigenvalue weighted by Gasteiger charge is -2.27. The van der Waals surface area contributed by atoms with E-state index in [2.05, 4.69) is 4.72 Å². The van der Waals surface area contributed by atoms with Crippen molar-refractivity contribution in [2.24, 2.45) is 0 Å². The monoisotopic (exact) mass is 252 g/mol. The number of carbonyl (C=O) groups is 1. The molecular formula is C8H16N2O5S. The fourth-order valence-corrected chi connectivity index (χ4v) is 2.76. The highest BCUT2D eigenvalue weighted by molar-refractivity contribution is 7.87. The molecule has 0 amide bonds. The van der Waals surface area contributed by atoms with Crippen LogP contribution in [0.25, 0.3) is 0 Å². The molecule has 8 heteroatoms. The van der Waals surface area contributed by atoms with E-state index in [0.717, 1.165) is 0 Å². The molecule has 0 aromatic rings. The average Bonchev–Trinajstić information content (AvgIpc) is 2.27. The van der Waals surface area contributed by atoms with Gasteiger partial charge in [-0.05, 0) is 6.42 Å². The first-order chi connectivity index (χ1) is 7.47. The van der Waals surface area contributed by atoms with Crippen molar-refractivity contribution in [2.45, 2.75) is 19.4 Å². The Balaban J connectivity index is 2.65. The molecular weight excluding hydrogens is 236 g/mol. The molecule has 1 aliphatic heterocycles. The number of carboxylic acids is 1. The number of morpholine rings is 1. The van der Waals surface area contributed by atoms with E-state index in [0.29, 0.717) is 13.2 Å². The van der Waals surface area contributed by atoms with Gasteiger partial charge in [0.25, 0.3) is 10.2 Å². The Hall–Kier alpha value is -0.700. The van der Waals surface area contributed by atoms with Gasteiger partial charge in [-0.1, -0.05) is 6.92 Å². The lowest BCUT2D eigenvalue weighted by atomic mass is 10.2. The number of nitrogens with zero attached hydrogens (tertiary/aromatic N) is 1. The summed E-state index contributed by atoms with van der Waals surface area (Å²) in [6, 6.07) is -1.08. The summed E-state index contributed by atoms with van der Waals surface area (Å²) in [6.45, 7) is 2.80. The topological polar surface area (TPSA) is 95.9 Å². The fourth-order valence-electron chi connectivity index (χ4n) is 1.35. The summed E-state index contributed by atoms with van der Waals surface area (Å²) in [4.78, 5) is 10.7. The van der Waals surface area contributed by atoms with Gasteiger partial charge in [0.2, 0.25) is 0 Å². The van der Waals surface area contributed by atoms with Crippen molar-refractivity contribution in [3.63, 3.8) is 0 Å². The van der Waals surface area contributed by atoms with E-state index in [4.69, 9.17) is 9.84 Å². The van der Waals surface area contributed by atoms with E-state index in [-0.39, 0.29) is 19.5 Å². The molecule has 1 aliphatic rings. The molecule has 0 radical (unpaired) electrons. The van der Waals surface area contributed by atoms with Gasteiger partial charge in [-0.3, -0.25) is 4.79 Å². The minimum Gasteiger partial charge on any atom is -0.480 e. The van der Waals surface area contributed by atoms with Crippen molar-refractivity contribution in [3.8, 4) is 0 Å². The molecule has 0 aromatic carbocycles. The molecule has 7 nitrogen and oxygen atoms in total. The second kappa shape index (κ2) is 5.58. The normalized spacial score (nSPS) is 20.6. The van der Waals surface area contributed by atoms with Gasteiger partial charge >= 0.3 is 5.97 Å². The maximum absolute atomic E-state index is 11.8. The summed E-state index contributed by atoms with van der Waals surface area (Å²) in [5, 5.41) is 8.76. The Morgan fingerprint density at radius 1 is 1.50 bits per heavy atom. The molecule has 1 saturated heterocycles. The van der Waals surface area contributed by atoms with Crippen LogP contribution in [-0.4, -0.2) is 56.1 Å². The number of aliphatic carboxylic acids is 1. The minimum absolute atomic E-state index is 0.207. The SMILES string of the molecule is CCC(NS(=O)(=O)N1CCOCC1)C(=O)O. The number of hydrogen-bond acceptors (Lipinski definition) is 4. The molecule has 1 heterocycles. The van der Waals surface area contributed by atoms with Crippen molar-refractivity contribution in [1.29, 1.82) is 0 Å². The molecule has 0 aromatic heterocycles. The molecule has 0 spiro atoms. The van der Waals surface area contributed by atoms with Crippen LogP contribution in [0.1, 0.15) is 13.3 Å². The second-order valence-corrected chi connectivity index (χ2v) is 5.14. The third-order valence-corrected chi connectivity index (χ3v) is 3.93. The first-order valence-corrected chi connectivity index (χ1v) is 6.49. The molecule has 1 rings (SSSR count). The zero-order valence-corrected chi connectivity index (χ0v) is 9.87. The van der Waals surface area contributed by atoms with Crippen molar-refractivity contribution in [1.82, 2.24) is 9.03 Å². The molecule has 2 N–H and O–H groups in total. The summed E-state index contributed by atoms with van der Waals surface area (Å²) in [7, 11) is -3.72. The minimum atomic E-state index is -3.72. The Kier molecular flexibility index (Phi) is 4.66. The molecule has 1 unspecified atom stereocenters. The van der Waals surface area contributed by atoms with Gasteiger partial charge in [0, 0.05) is 13.1 Å². The van der Waals surface area contributed by atoms with Crippen LogP contribution in [0.4, 0.5) is 0 Å². The fraction of sp³-hybridized carbons (Fsp3) is 0.875. The third-order valence-electron chi connectivity index (χ3n) is 2.31. The number of hydrogen-bond donors (Lipinski definition) is 2. The molecule has 94 valence electrons. The van der Waals surface area contributed by atoms with E-state index >= 15 is 0 Å². The predicted octanol–water partition coefficient (Wildman–Crippen LogP) is -0.984. The maximum atomic E-state index is 11.8. The van der Waals surface area contributed by atoms with Crippen LogP contribution >= 0.6 is 0 Å². The first kappa shape index (κ1) is 13.4. The van der Waals surface area contributed by atoms with Gasteiger partial charge in [-0.25, -0.2) is 0 Å². The number of carboxylic acid groups (broad SMARTS) is 1. The van der Waals surface area contributed by atoms with Gasteiger partial charge in [0.15, 0.2) is 0 Å². The van der Waals surface area contributed by atoms with E-state index in [1.807, 2.05) is 0 Å². The Morgan fingerprint density at radius 3 is 2.50 bits per heavy atom. The summed E-state index contributed by atoms with van der Waals surface area (Å²) >= 11 is 0. The highest BCUT2D eigenvalue weighted by atomic mass is 32.2. The molecule has 0 aliphatic carbocycles. The molecule has 0 bridgehead atoms. The Labute approximate surface area is 94.6 Å². The predicted molar refractivity (Wildman–Crippen MR) is 56.2 cm³/mol. The lowest BCUT2D eigenvalue weighted by Crippen LogP contribution is -2.51. The van der Waals surface area contributed by atoms with Crippen LogP contribution < -0.4 is 4.72 Å². The molecule has 1 atom stereocenters. The number of rotatable bonds is 5. The molecule has 0 saturated carbocycles. The Morgan fingerprint density at radius 2 is 2.06 bits per heavy atom.